The zero-order valence-corrected chi connectivity index (χ0v) is 12.7. The van der Waals surface area contributed by atoms with Crippen LogP contribution >= 0.6 is 15.9 Å². The molecule has 0 amide bonds. The number of benzene rings is 1. The van der Waals surface area contributed by atoms with Gasteiger partial charge in [-0.05, 0) is 47.5 Å². The lowest BCUT2D eigenvalue weighted by atomic mass is 10.2. The number of methoxy groups -OCH3 is 2. The number of halogens is 1. The van der Waals surface area contributed by atoms with Gasteiger partial charge in [0, 0.05) is 6.61 Å². The molecular formula is C13H19BrO4. The van der Waals surface area contributed by atoms with Gasteiger partial charge in [0.25, 0.3) is 0 Å². The van der Waals surface area contributed by atoms with E-state index in [1.807, 2.05) is 26.0 Å². The lowest BCUT2D eigenvalue weighted by Crippen LogP contribution is -2.12. The fourth-order valence-electron chi connectivity index (χ4n) is 1.50. The summed E-state index contributed by atoms with van der Waals surface area (Å²) < 4.78 is 22.2. The largest absolute Gasteiger partial charge is 0.495 e. The molecule has 1 unspecified atom stereocenters. The smallest absolute Gasteiger partial charge is 0.155 e. The summed E-state index contributed by atoms with van der Waals surface area (Å²) in [5.74, 6) is 1.44. The minimum absolute atomic E-state index is 0.226. The second-order valence-corrected chi connectivity index (χ2v) is 4.44. The summed E-state index contributed by atoms with van der Waals surface area (Å²) in [6.45, 7) is 4.89. The molecule has 0 aliphatic heterocycles. The highest BCUT2D eigenvalue weighted by molar-refractivity contribution is 9.10. The summed E-state index contributed by atoms with van der Waals surface area (Å²) in [6, 6.07) is 3.82. The molecule has 1 aromatic carbocycles. The normalized spacial score (nSPS) is 12.3. The minimum Gasteiger partial charge on any atom is -0.495 e. The second kappa shape index (κ2) is 7.61. The lowest BCUT2D eigenvalue weighted by Gasteiger charge is -2.15. The van der Waals surface area contributed by atoms with Gasteiger partial charge >= 0.3 is 0 Å². The van der Waals surface area contributed by atoms with E-state index in [1.165, 1.54) is 0 Å². The summed E-state index contributed by atoms with van der Waals surface area (Å²) in [6.07, 6.45) is -0.226. The third-order valence-electron chi connectivity index (χ3n) is 2.39. The molecule has 4 nitrogen and oxygen atoms in total. The maximum Gasteiger partial charge on any atom is 0.155 e. The molecule has 0 N–H and O–H groups in total. The Bertz CT molecular complexity index is 356. The highest BCUT2D eigenvalue weighted by atomic mass is 79.9. The lowest BCUT2D eigenvalue weighted by molar-refractivity contribution is -0.134. The first kappa shape index (κ1) is 15.3. The van der Waals surface area contributed by atoms with Gasteiger partial charge in [0.15, 0.2) is 6.29 Å². The van der Waals surface area contributed by atoms with Crippen molar-refractivity contribution in [2.75, 3.05) is 20.8 Å². The Kier molecular flexibility index (Phi) is 6.46. The number of hydrogen-bond acceptors (Lipinski definition) is 4. The van der Waals surface area contributed by atoms with E-state index < -0.39 is 0 Å². The molecule has 0 spiro atoms. The van der Waals surface area contributed by atoms with E-state index in [-0.39, 0.29) is 6.29 Å². The van der Waals surface area contributed by atoms with Crippen molar-refractivity contribution in [2.24, 2.45) is 0 Å². The van der Waals surface area contributed by atoms with E-state index in [1.54, 1.807) is 14.2 Å². The van der Waals surface area contributed by atoms with Crippen LogP contribution in [0.15, 0.2) is 16.6 Å². The third-order valence-corrected chi connectivity index (χ3v) is 3.17. The molecule has 0 aliphatic carbocycles. The van der Waals surface area contributed by atoms with Gasteiger partial charge < -0.3 is 18.9 Å². The van der Waals surface area contributed by atoms with Crippen LogP contribution in [-0.2, 0) is 16.1 Å². The predicted molar refractivity (Wildman–Crippen MR) is 73.1 cm³/mol. The van der Waals surface area contributed by atoms with Crippen molar-refractivity contribution in [3.63, 3.8) is 0 Å². The molecule has 1 rings (SSSR count). The molecule has 1 aromatic rings. The van der Waals surface area contributed by atoms with Crippen LogP contribution in [0.3, 0.4) is 0 Å². The Morgan fingerprint density at radius 2 is 1.67 bits per heavy atom. The number of hydrogen-bond donors (Lipinski definition) is 0. The topological polar surface area (TPSA) is 36.9 Å². The molecule has 0 fully saturated rings. The Labute approximate surface area is 116 Å². The Balaban J connectivity index is 2.77. The molecule has 0 heterocycles. The summed E-state index contributed by atoms with van der Waals surface area (Å²) in [7, 11) is 3.24. The maximum absolute atomic E-state index is 5.56. The van der Waals surface area contributed by atoms with Gasteiger partial charge in [0.1, 0.15) is 16.0 Å². The van der Waals surface area contributed by atoms with Crippen LogP contribution in [0, 0.1) is 0 Å². The van der Waals surface area contributed by atoms with Gasteiger partial charge in [-0.25, -0.2) is 0 Å². The molecule has 0 aromatic heterocycles. The van der Waals surface area contributed by atoms with Crippen molar-refractivity contribution in [1.29, 1.82) is 0 Å². The number of ether oxygens (including phenoxy) is 4. The highest BCUT2D eigenvalue weighted by Gasteiger charge is 2.10. The summed E-state index contributed by atoms with van der Waals surface area (Å²) in [4.78, 5) is 0. The summed E-state index contributed by atoms with van der Waals surface area (Å²) in [5, 5.41) is 0. The van der Waals surface area contributed by atoms with Crippen LogP contribution in [-0.4, -0.2) is 27.1 Å². The molecule has 0 saturated carbocycles. The van der Waals surface area contributed by atoms with E-state index in [2.05, 4.69) is 15.9 Å². The van der Waals surface area contributed by atoms with Crippen LogP contribution in [0.1, 0.15) is 19.4 Å². The summed E-state index contributed by atoms with van der Waals surface area (Å²) in [5.41, 5.74) is 0.971. The standard InChI is InChI=1S/C13H19BrO4/c1-5-17-9(2)18-8-10-6-11(15-3)13(14)12(7-10)16-4/h6-7,9H,5,8H2,1-4H3. The first-order valence-corrected chi connectivity index (χ1v) is 6.55. The van der Waals surface area contributed by atoms with Crippen molar-refractivity contribution in [1.82, 2.24) is 0 Å². The second-order valence-electron chi connectivity index (χ2n) is 3.65. The van der Waals surface area contributed by atoms with E-state index in [0.717, 1.165) is 21.5 Å². The van der Waals surface area contributed by atoms with Gasteiger partial charge in [0.2, 0.25) is 0 Å². The van der Waals surface area contributed by atoms with Crippen LogP contribution in [0.5, 0.6) is 11.5 Å². The van der Waals surface area contributed by atoms with Crippen LogP contribution in [0.25, 0.3) is 0 Å². The SMILES string of the molecule is CCOC(C)OCc1cc(OC)c(Br)c(OC)c1. The number of rotatable bonds is 7. The molecule has 0 saturated heterocycles. The Morgan fingerprint density at radius 3 is 2.11 bits per heavy atom. The van der Waals surface area contributed by atoms with Crippen LogP contribution in [0.4, 0.5) is 0 Å². The van der Waals surface area contributed by atoms with Crippen molar-refractivity contribution in [2.45, 2.75) is 26.7 Å². The van der Waals surface area contributed by atoms with Crippen LogP contribution < -0.4 is 9.47 Å². The van der Waals surface area contributed by atoms with E-state index in [4.69, 9.17) is 18.9 Å². The molecule has 0 aliphatic rings. The van der Waals surface area contributed by atoms with Gasteiger partial charge in [0.05, 0.1) is 20.8 Å². The quantitative estimate of drug-likeness (QED) is 0.722. The van der Waals surface area contributed by atoms with E-state index >= 15 is 0 Å². The van der Waals surface area contributed by atoms with Crippen molar-refractivity contribution >= 4 is 15.9 Å². The van der Waals surface area contributed by atoms with Gasteiger partial charge in [-0.3, -0.25) is 0 Å². The zero-order valence-electron chi connectivity index (χ0n) is 11.2. The molecule has 1 atom stereocenters. The maximum atomic E-state index is 5.56. The van der Waals surface area contributed by atoms with Gasteiger partial charge in [-0.15, -0.1) is 0 Å². The van der Waals surface area contributed by atoms with Gasteiger partial charge in [-0.2, -0.15) is 0 Å². The predicted octanol–water partition coefficient (Wildman–Crippen LogP) is 3.37. The van der Waals surface area contributed by atoms with E-state index in [9.17, 15) is 0 Å². The first-order valence-electron chi connectivity index (χ1n) is 5.76. The molecule has 0 radical (unpaired) electrons. The zero-order chi connectivity index (χ0) is 13.5. The van der Waals surface area contributed by atoms with Crippen molar-refractivity contribution in [3.05, 3.63) is 22.2 Å². The first-order chi connectivity index (χ1) is 8.62. The molecule has 102 valence electrons. The summed E-state index contributed by atoms with van der Waals surface area (Å²) >= 11 is 3.43. The van der Waals surface area contributed by atoms with Crippen molar-refractivity contribution < 1.29 is 18.9 Å². The van der Waals surface area contributed by atoms with E-state index in [0.29, 0.717) is 13.2 Å². The fraction of sp³-hybridized carbons (Fsp3) is 0.538. The molecular weight excluding hydrogens is 300 g/mol. The minimum atomic E-state index is -0.226. The average molecular weight is 319 g/mol. The Morgan fingerprint density at radius 1 is 1.11 bits per heavy atom. The fourth-order valence-corrected chi connectivity index (χ4v) is 2.06. The molecule has 18 heavy (non-hydrogen) atoms. The molecule has 0 bridgehead atoms. The molecule has 5 heteroatoms. The van der Waals surface area contributed by atoms with Crippen molar-refractivity contribution in [3.8, 4) is 11.5 Å². The Hall–Kier alpha value is -0.780. The highest BCUT2D eigenvalue weighted by Crippen LogP contribution is 2.35. The van der Waals surface area contributed by atoms with Crippen LogP contribution in [0.2, 0.25) is 0 Å². The average Bonchev–Trinajstić information content (AvgIpc) is 2.37. The van der Waals surface area contributed by atoms with Gasteiger partial charge in [-0.1, -0.05) is 0 Å². The third kappa shape index (κ3) is 4.15. The monoisotopic (exact) mass is 318 g/mol.